The smallest absolute Gasteiger partial charge is 0.266 e. The zero-order valence-electron chi connectivity index (χ0n) is 6.93. The summed E-state index contributed by atoms with van der Waals surface area (Å²) in [6.07, 6.45) is -2.54. The quantitative estimate of drug-likeness (QED) is 0.778. The maximum atomic E-state index is 12.7. The second-order valence-corrected chi connectivity index (χ2v) is 4.59. The van der Waals surface area contributed by atoms with Crippen molar-refractivity contribution in [3.63, 3.8) is 0 Å². The number of benzene rings is 1. The van der Waals surface area contributed by atoms with Crippen LogP contribution in [-0.2, 0) is 0 Å². The first-order valence-electron chi connectivity index (χ1n) is 3.84. The van der Waals surface area contributed by atoms with Crippen LogP contribution in [-0.4, -0.2) is 0 Å². The lowest BCUT2D eigenvalue weighted by molar-refractivity contribution is 0.154. The molecular formula is C9H6BrF2NS. The lowest BCUT2D eigenvalue weighted by atomic mass is 10.1. The van der Waals surface area contributed by atoms with Gasteiger partial charge in [0.05, 0.1) is 5.56 Å². The van der Waals surface area contributed by atoms with Crippen molar-refractivity contribution in [2.24, 2.45) is 0 Å². The van der Waals surface area contributed by atoms with E-state index >= 15 is 0 Å². The Hall–Kier alpha value is -0.680. The number of anilines is 1. The van der Waals surface area contributed by atoms with Gasteiger partial charge in [-0.25, -0.2) is 8.78 Å². The Morgan fingerprint density at radius 3 is 2.71 bits per heavy atom. The van der Waals surface area contributed by atoms with Crippen LogP contribution in [0.2, 0.25) is 0 Å². The third kappa shape index (κ3) is 1.40. The molecule has 0 spiro atoms. The first-order chi connectivity index (χ1) is 6.61. The number of halogens is 3. The van der Waals surface area contributed by atoms with E-state index in [4.69, 9.17) is 5.73 Å². The summed E-state index contributed by atoms with van der Waals surface area (Å²) in [6.45, 7) is 0. The SMILES string of the molecule is Nc1ccc2scc(Br)c2c1C(F)F. The molecule has 0 bridgehead atoms. The van der Waals surface area contributed by atoms with Crippen molar-refractivity contribution in [3.8, 4) is 0 Å². The zero-order chi connectivity index (χ0) is 10.3. The topological polar surface area (TPSA) is 26.0 Å². The molecule has 1 nitrogen and oxygen atoms in total. The Kier molecular flexibility index (Phi) is 2.45. The predicted molar refractivity (Wildman–Crippen MR) is 58.9 cm³/mol. The number of hydrogen-bond donors (Lipinski definition) is 1. The third-order valence-corrected chi connectivity index (χ3v) is 3.86. The standard InChI is InChI=1S/C9H6BrF2NS/c10-4-3-14-6-2-1-5(13)8(7(4)6)9(11)12/h1-3,9H,13H2. The van der Waals surface area contributed by atoms with Gasteiger partial charge in [-0.1, -0.05) is 0 Å². The van der Waals surface area contributed by atoms with Gasteiger partial charge in [0.2, 0.25) is 0 Å². The van der Waals surface area contributed by atoms with Crippen LogP contribution in [0.15, 0.2) is 22.0 Å². The van der Waals surface area contributed by atoms with Crippen molar-refractivity contribution in [2.45, 2.75) is 6.43 Å². The van der Waals surface area contributed by atoms with Gasteiger partial charge in [-0.15, -0.1) is 11.3 Å². The molecule has 0 radical (unpaired) electrons. The highest BCUT2D eigenvalue weighted by molar-refractivity contribution is 9.10. The van der Waals surface area contributed by atoms with Gasteiger partial charge in [-0.2, -0.15) is 0 Å². The second-order valence-electron chi connectivity index (χ2n) is 2.83. The maximum absolute atomic E-state index is 12.7. The lowest BCUT2D eigenvalue weighted by Crippen LogP contribution is -1.94. The van der Waals surface area contributed by atoms with E-state index in [1.54, 1.807) is 11.4 Å². The van der Waals surface area contributed by atoms with Crippen LogP contribution >= 0.6 is 27.3 Å². The number of hydrogen-bond acceptors (Lipinski definition) is 2. The fourth-order valence-corrected chi connectivity index (χ4v) is 3.04. The lowest BCUT2D eigenvalue weighted by Gasteiger charge is -2.06. The predicted octanol–water partition coefficient (Wildman–Crippen LogP) is 4.18. The largest absolute Gasteiger partial charge is 0.398 e. The molecule has 74 valence electrons. The molecular weight excluding hydrogens is 272 g/mol. The van der Waals surface area contributed by atoms with E-state index in [-0.39, 0.29) is 11.3 Å². The van der Waals surface area contributed by atoms with Gasteiger partial charge in [0.15, 0.2) is 0 Å². The summed E-state index contributed by atoms with van der Waals surface area (Å²) in [6, 6.07) is 3.28. The summed E-state index contributed by atoms with van der Waals surface area (Å²) >= 11 is 4.66. The molecule has 0 unspecified atom stereocenters. The van der Waals surface area contributed by atoms with Gasteiger partial charge >= 0.3 is 0 Å². The monoisotopic (exact) mass is 277 g/mol. The zero-order valence-corrected chi connectivity index (χ0v) is 9.33. The summed E-state index contributed by atoms with van der Waals surface area (Å²) < 4.78 is 26.9. The Morgan fingerprint density at radius 1 is 1.36 bits per heavy atom. The highest BCUT2D eigenvalue weighted by Crippen LogP contribution is 2.39. The van der Waals surface area contributed by atoms with E-state index in [9.17, 15) is 8.78 Å². The van der Waals surface area contributed by atoms with E-state index in [2.05, 4.69) is 15.9 Å². The number of nitrogens with two attached hydrogens (primary N) is 1. The minimum atomic E-state index is -2.54. The molecule has 1 aromatic carbocycles. The third-order valence-electron chi connectivity index (χ3n) is 1.99. The maximum Gasteiger partial charge on any atom is 0.266 e. The van der Waals surface area contributed by atoms with Crippen LogP contribution < -0.4 is 5.73 Å². The highest BCUT2D eigenvalue weighted by Gasteiger charge is 2.18. The Balaban J connectivity index is 2.87. The van der Waals surface area contributed by atoms with E-state index < -0.39 is 6.43 Å². The molecule has 0 atom stereocenters. The number of fused-ring (bicyclic) bond motifs is 1. The Labute approximate surface area is 91.7 Å². The van der Waals surface area contributed by atoms with E-state index in [1.165, 1.54) is 17.4 Å². The van der Waals surface area contributed by atoms with Crippen molar-refractivity contribution in [2.75, 3.05) is 5.73 Å². The molecule has 0 aliphatic rings. The second kappa shape index (κ2) is 3.47. The molecule has 2 rings (SSSR count). The van der Waals surface area contributed by atoms with Crippen LogP contribution in [0, 0.1) is 0 Å². The van der Waals surface area contributed by atoms with Gasteiger partial charge < -0.3 is 5.73 Å². The number of nitrogen functional groups attached to an aromatic ring is 1. The fourth-order valence-electron chi connectivity index (χ4n) is 1.37. The molecule has 14 heavy (non-hydrogen) atoms. The number of rotatable bonds is 1. The van der Waals surface area contributed by atoms with E-state index in [0.717, 1.165) is 4.70 Å². The molecule has 5 heteroatoms. The van der Waals surface area contributed by atoms with E-state index in [1.807, 2.05) is 0 Å². The van der Waals surface area contributed by atoms with Crippen molar-refractivity contribution >= 4 is 43.0 Å². The molecule has 2 N–H and O–H groups in total. The summed E-state index contributed by atoms with van der Waals surface area (Å²) in [5.74, 6) is 0. The van der Waals surface area contributed by atoms with Crippen LogP contribution in [0.3, 0.4) is 0 Å². The van der Waals surface area contributed by atoms with E-state index in [0.29, 0.717) is 9.86 Å². The van der Waals surface area contributed by atoms with Crippen LogP contribution in [0.5, 0.6) is 0 Å². The van der Waals surface area contributed by atoms with Gasteiger partial charge in [0, 0.05) is 25.6 Å². The number of alkyl halides is 2. The van der Waals surface area contributed by atoms with Crippen molar-refractivity contribution in [1.82, 2.24) is 0 Å². The molecule has 2 aromatic rings. The molecule has 0 saturated heterocycles. The first kappa shape index (κ1) is 9.86. The molecule has 1 heterocycles. The molecule has 1 aromatic heterocycles. The first-order valence-corrected chi connectivity index (χ1v) is 5.51. The average Bonchev–Trinajstić information content (AvgIpc) is 2.47. The summed E-state index contributed by atoms with van der Waals surface area (Å²) in [7, 11) is 0. The fraction of sp³-hybridized carbons (Fsp3) is 0.111. The van der Waals surface area contributed by atoms with Gasteiger partial charge in [0.25, 0.3) is 6.43 Å². The highest BCUT2D eigenvalue weighted by atomic mass is 79.9. The van der Waals surface area contributed by atoms with Gasteiger partial charge in [-0.05, 0) is 28.1 Å². The van der Waals surface area contributed by atoms with Crippen LogP contribution in [0.25, 0.3) is 10.1 Å². The average molecular weight is 278 g/mol. The molecule has 0 amide bonds. The molecule has 0 saturated carbocycles. The van der Waals surface area contributed by atoms with Crippen molar-refractivity contribution in [3.05, 3.63) is 27.5 Å². The van der Waals surface area contributed by atoms with Gasteiger partial charge in [0.1, 0.15) is 0 Å². The summed E-state index contributed by atoms with van der Waals surface area (Å²) in [5.41, 5.74) is 5.59. The minimum Gasteiger partial charge on any atom is -0.398 e. The number of thiophene rings is 1. The summed E-state index contributed by atoms with van der Waals surface area (Å²) in [4.78, 5) is 0. The van der Waals surface area contributed by atoms with Gasteiger partial charge in [-0.3, -0.25) is 0 Å². The van der Waals surface area contributed by atoms with Crippen molar-refractivity contribution < 1.29 is 8.78 Å². The molecule has 0 aliphatic carbocycles. The normalized spacial score (nSPS) is 11.4. The summed E-state index contributed by atoms with van der Waals surface area (Å²) in [5, 5.41) is 2.32. The van der Waals surface area contributed by atoms with Crippen LogP contribution in [0.4, 0.5) is 14.5 Å². The molecule has 0 aliphatic heterocycles. The Morgan fingerprint density at radius 2 is 2.07 bits per heavy atom. The van der Waals surface area contributed by atoms with Crippen LogP contribution in [0.1, 0.15) is 12.0 Å². The van der Waals surface area contributed by atoms with Crippen molar-refractivity contribution in [1.29, 1.82) is 0 Å². The Bertz CT molecular complexity index is 481. The minimum absolute atomic E-state index is 0.0735. The molecule has 0 fully saturated rings.